The van der Waals surface area contributed by atoms with Crippen LogP contribution in [0.3, 0.4) is 0 Å². The molecule has 1 aromatic carbocycles. The van der Waals surface area contributed by atoms with Gasteiger partial charge in [-0.2, -0.15) is 5.10 Å². The highest BCUT2D eigenvalue weighted by Gasteiger charge is 1.94. The Kier molecular flexibility index (Phi) is 2.32. The van der Waals surface area contributed by atoms with E-state index in [1.54, 1.807) is 6.21 Å². The SMILES string of the molecule is NN=Cc1cccc(-n2cccc2)c1. The van der Waals surface area contributed by atoms with Gasteiger partial charge in [0.25, 0.3) is 0 Å². The van der Waals surface area contributed by atoms with Crippen LogP contribution in [0.25, 0.3) is 5.69 Å². The van der Waals surface area contributed by atoms with Gasteiger partial charge in [-0.05, 0) is 29.8 Å². The molecule has 0 aliphatic heterocycles. The van der Waals surface area contributed by atoms with Crippen molar-refractivity contribution in [2.45, 2.75) is 0 Å². The molecule has 3 nitrogen and oxygen atoms in total. The molecule has 0 aliphatic carbocycles. The third-order valence-electron chi connectivity index (χ3n) is 2.00. The molecule has 70 valence electrons. The Hall–Kier alpha value is -2.03. The first kappa shape index (κ1) is 8.56. The van der Waals surface area contributed by atoms with Crippen molar-refractivity contribution in [1.82, 2.24) is 4.57 Å². The van der Waals surface area contributed by atoms with E-state index in [4.69, 9.17) is 5.84 Å². The van der Waals surface area contributed by atoms with Gasteiger partial charge in [-0.25, -0.2) is 0 Å². The minimum absolute atomic E-state index is 0.999. The number of nitrogens with zero attached hydrogens (tertiary/aromatic N) is 2. The summed E-state index contributed by atoms with van der Waals surface area (Å²) in [5.41, 5.74) is 2.10. The van der Waals surface area contributed by atoms with Crippen molar-refractivity contribution >= 4 is 6.21 Å². The molecule has 0 fully saturated rings. The molecular weight excluding hydrogens is 174 g/mol. The van der Waals surface area contributed by atoms with E-state index in [1.165, 1.54) is 0 Å². The topological polar surface area (TPSA) is 43.3 Å². The number of hydrogen-bond acceptors (Lipinski definition) is 2. The van der Waals surface area contributed by atoms with Crippen LogP contribution in [-0.4, -0.2) is 10.8 Å². The summed E-state index contributed by atoms with van der Waals surface area (Å²) in [6.07, 6.45) is 5.63. The molecule has 0 amide bonds. The minimum Gasteiger partial charge on any atom is -0.324 e. The minimum atomic E-state index is 0.999. The molecule has 3 heteroatoms. The maximum Gasteiger partial charge on any atom is 0.0538 e. The molecule has 0 saturated carbocycles. The first-order valence-electron chi connectivity index (χ1n) is 4.37. The van der Waals surface area contributed by atoms with Crippen molar-refractivity contribution < 1.29 is 0 Å². The second-order valence-corrected chi connectivity index (χ2v) is 2.96. The zero-order chi connectivity index (χ0) is 9.80. The Bertz CT molecular complexity index is 430. The summed E-state index contributed by atoms with van der Waals surface area (Å²) in [7, 11) is 0. The van der Waals surface area contributed by atoms with Gasteiger partial charge in [0.2, 0.25) is 0 Å². The number of rotatable bonds is 2. The van der Waals surface area contributed by atoms with Gasteiger partial charge in [-0.3, -0.25) is 0 Å². The maximum absolute atomic E-state index is 5.09. The van der Waals surface area contributed by atoms with Gasteiger partial charge in [0, 0.05) is 18.1 Å². The molecule has 2 aromatic rings. The van der Waals surface area contributed by atoms with Crippen LogP contribution in [-0.2, 0) is 0 Å². The van der Waals surface area contributed by atoms with Crippen LogP contribution < -0.4 is 5.84 Å². The average Bonchev–Trinajstić information content (AvgIpc) is 2.71. The summed E-state index contributed by atoms with van der Waals surface area (Å²) in [4.78, 5) is 0. The van der Waals surface area contributed by atoms with Gasteiger partial charge in [0.05, 0.1) is 6.21 Å². The summed E-state index contributed by atoms with van der Waals surface area (Å²) in [5, 5.41) is 3.49. The lowest BCUT2D eigenvalue weighted by Gasteiger charge is -2.02. The molecule has 1 heterocycles. The van der Waals surface area contributed by atoms with Gasteiger partial charge in [-0.1, -0.05) is 12.1 Å². The molecule has 0 aliphatic rings. The number of hydrogen-bond donors (Lipinski definition) is 1. The number of nitrogens with two attached hydrogens (primary N) is 1. The van der Waals surface area contributed by atoms with E-state index >= 15 is 0 Å². The fourth-order valence-electron chi connectivity index (χ4n) is 1.36. The summed E-state index contributed by atoms with van der Waals surface area (Å²) < 4.78 is 2.04. The van der Waals surface area contributed by atoms with Gasteiger partial charge >= 0.3 is 0 Å². The van der Waals surface area contributed by atoms with Crippen LogP contribution >= 0.6 is 0 Å². The Balaban J connectivity index is 2.40. The lowest BCUT2D eigenvalue weighted by molar-refractivity contribution is 1.08. The predicted molar refractivity (Wildman–Crippen MR) is 57.6 cm³/mol. The first-order valence-corrected chi connectivity index (χ1v) is 4.37. The monoisotopic (exact) mass is 185 g/mol. The zero-order valence-corrected chi connectivity index (χ0v) is 7.67. The molecule has 0 bridgehead atoms. The summed E-state index contributed by atoms with van der Waals surface area (Å²) in [5.74, 6) is 5.09. The molecule has 0 atom stereocenters. The molecule has 0 spiro atoms. The predicted octanol–water partition coefficient (Wildman–Crippen LogP) is 1.77. The number of benzene rings is 1. The smallest absolute Gasteiger partial charge is 0.0538 e. The molecule has 2 rings (SSSR count). The van der Waals surface area contributed by atoms with Crippen molar-refractivity contribution in [3.8, 4) is 5.69 Å². The molecule has 0 saturated heterocycles. The van der Waals surface area contributed by atoms with Crippen molar-refractivity contribution in [2.75, 3.05) is 0 Å². The lowest BCUT2D eigenvalue weighted by Crippen LogP contribution is -1.92. The van der Waals surface area contributed by atoms with Gasteiger partial charge in [-0.15, -0.1) is 0 Å². The Morgan fingerprint density at radius 2 is 1.93 bits per heavy atom. The largest absolute Gasteiger partial charge is 0.324 e. The van der Waals surface area contributed by atoms with Crippen LogP contribution in [0.5, 0.6) is 0 Å². The van der Waals surface area contributed by atoms with E-state index < -0.39 is 0 Å². The highest BCUT2D eigenvalue weighted by atomic mass is 15.1. The number of hydrazone groups is 1. The molecule has 2 N–H and O–H groups in total. The van der Waals surface area contributed by atoms with Crippen molar-refractivity contribution in [2.24, 2.45) is 10.9 Å². The van der Waals surface area contributed by atoms with E-state index in [2.05, 4.69) is 5.10 Å². The summed E-state index contributed by atoms with van der Waals surface area (Å²) in [6.45, 7) is 0. The van der Waals surface area contributed by atoms with E-state index in [0.717, 1.165) is 11.3 Å². The second-order valence-electron chi connectivity index (χ2n) is 2.96. The fraction of sp³-hybridized carbons (Fsp3) is 0. The fourth-order valence-corrected chi connectivity index (χ4v) is 1.36. The number of aromatic nitrogens is 1. The lowest BCUT2D eigenvalue weighted by atomic mass is 10.2. The molecule has 14 heavy (non-hydrogen) atoms. The van der Waals surface area contributed by atoms with Crippen molar-refractivity contribution in [3.05, 3.63) is 54.4 Å². The van der Waals surface area contributed by atoms with Crippen molar-refractivity contribution in [1.29, 1.82) is 0 Å². The second kappa shape index (κ2) is 3.79. The van der Waals surface area contributed by atoms with Crippen LogP contribution in [0.4, 0.5) is 0 Å². The Morgan fingerprint density at radius 1 is 1.14 bits per heavy atom. The third kappa shape index (κ3) is 1.66. The van der Waals surface area contributed by atoms with E-state index in [-0.39, 0.29) is 0 Å². The third-order valence-corrected chi connectivity index (χ3v) is 2.00. The van der Waals surface area contributed by atoms with E-state index in [0.29, 0.717) is 0 Å². The van der Waals surface area contributed by atoms with E-state index in [1.807, 2.05) is 53.4 Å². The van der Waals surface area contributed by atoms with Gasteiger partial charge in [0.1, 0.15) is 0 Å². The van der Waals surface area contributed by atoms with Crippen LogP contribution in [0.2, 0.25) is 0 Å². The van der Waals surface area contributed by atoms with Gasteiger partial charge in [0.15, 0.2) is 0 Å². The van der Waals surface area contributed by atoms with Gasteiger partial charge < -0.3 is 10.4 Å². The van der Waals surface area contributed by atoms with Crippen LogP contribution in [0.1, 0.15) is 5.56 Å². The normalized spacial score (nSPS) is 10.9. The van der Waals surface area contributed by atoms with Crippen LogP contribution in [0, 0.1) is 0 Å². The molecule has 0 radical (unpaired) electrons. The summed E-state index contributed by atoms with van der Waals surface area (Å²) in [6, 6.07) is 12.0. The molecule has 0 unspecified atom stereocenters. The first-order chi connectivity index (χ1) is 6.90. The van der Waals surface area contributed by atoms with Crippen LogP contribution in [0.15, 0.2) is 53.9 Å². The summed E-state index contributed by atoms with van der Waals surface area (Å²) >= 11 is 0. The highest BCUT2D eigenvalue weighted by Crippen LogP contribution is 2.09. The standard InChI is InChI=1S/C11H11N3/c12-13-9-10-4-3-5-11(8-10)14-6-1-2-7-14/h1-9H,12H2. The zero-order valence-electron chi connectivity index (χ0n) is 7.67. The Morgan fingerprint density at radius 3 is 2.64 bits per heavy atom. The Labute approximate surface area is 82.5 Å². The average molecular weight is 185 g/mol. The molecule has 1 aromatic heterocycles. The van der Waals surface area contributed by atoms with Crippen molar-refractivity contribution in [3.63, 3.8) is 0 Å². The van der Waals surface area contributed by atoms with E-state index in [9.17, 15) is 0 Å². The maximum atomic E-state index is 5.09. The highest BCUT2D eigenvalue weighted by molar-refractivity contribution is 5.80. The molecular formula is C11H11N3. The quantitative estimate of drug-likeness (QED) is 0.432.